The van der Waals surface area contributed by atoms with Gasteiger partial charge < -0.3 is 5.73 Å². The second kappa shape index (κ2) is 4.73. The fourth-order valence-electron chi connectivity index (χ4n) is 3.05. The molecule has 0 aliphatic heterocycles. The molecule has 96 valence electrons. The summed E-state index contributed by atoms with van der Waals surface area (Å²) in [4.78, 5) is 0. The Kier molecular flexibility index (Phi) is 3.08. The van der Waals surface area contributed by atoms with Crippen LogP contribution in [0.4, 0.5) is 0 Å². The first-order valence-electron chi connectivity index (χ1n) is 6.98. The van der Waals surface area contributed by atoms with Crippen molar-refractivity contribution in [3.63, 3.8) is 0 Å². The minimum Gasteiger partial charge on any atom is -0.330 e. The molecule has 2 N–H and O–H groups in total. The molecule has 0 radical (unpaired) electrons. The highest BCUT2D eigenvalue weighted by Gasteiger charge is 2.30. The quantitative estimate of drug-likeness (QED) is 0.897. The third-order valence-corrected chi connectivity index (χ3v) is 4.37. The van der Waals surface area contributed by atoms with Gasteiger partial charge in [-0.3, -0.25) is 4.68 Å². The molecule has 1 aliphatic carbocycles. The summed E-state index contributed by atoms with van der Waals surface area (Å²) < 4.78 is 2.11. The Morgan fingerprint density at radius 3 is 2.72 bits per heavy atom. The highest BCUT2D eigenvalue weighted by atomic mass is 15.3. The second-order valence-electron chi connectivity index (χ2n) is 5.32. The zero-order chi connectivity index (χ0) is 12.5. The Morgan fingerprint density at radius 2 is 2.06 bits per heavy atom. The molecule has 2 atom stereocenters. The molecule has 0 spiro atoms. The standard InChI is InChI=1S/C15H21N3/c1-2-18-15-6-4-3-5-13(15)14(17-18)9-11-7-8-12(11)10-16/h3-6,11-12H,2,7-10,16H2,1H3. The van der Waals surface area contributed by atoms with Gasteiger partial charge in [0.2, 0.25) is 0 Å². The summed E-state index contributed by atoms with van der Waals surface area (Å²) in [5.41, 5.74) is 8.32. The Balaban J connectivity index is 1.92. The fourth-order valence-corrected chi connectivity index (χ4v) is 3.05. The van der Waals surface area contributed by atoms with Crippen molar-refractivity contribution in [2.75, 3.05) is 6.54 Å². The van der Waals surface area contributed by atoms with Crippen LogP contribution in [0.3, 0.4) is 0 Å². The number of aromatic nitrogens is 2. The largest absolute Gasteiger partial charge is 0.330 e. The minimum atomic E-state index is 0.718. The molecule has 3 rings (SSSR count). The van der Waals surface area contributed by atoms with Crippen molar-refractivity contribution in [3.8, 4) is 0 Å². The SMILES string of the molecule is CCn1nc(CC2CCC2CN)c2ccccc21. The number of benzene rings is 1. The maximum absolute atomic E-state index is 5.80. The molecule has 1 fully saturated rings. The van der Waals surface area contributed by atoms with Crippen molar-refractivity contribution in [2.24, 2.45) is 17.6 Å². The first-order chi connectivity index (χ1) is 8.83. The number of hydrogen-bond donors (Lipinski definition) is 1. The lowest BCUT2D eigenvalue weighted by molar-refractivity contribution is 0.182. The first kappa shape index (κ1) is 11.7. The topological polar surface area (TPSA) is 43.8 Å². The summed E-state index contributed by atoms with van der Waals surface area (Å²) in [6.07, 6.45) is 3.71. The van der Waals surface area contributed by atoms with Crippen LogP contribution in [0.15, 0.2) is 24.3 Å². The van der Waals surface area contributed by atoms with Crippen molar-refractivity contribution in [3.05, 3.63) is 30.0 Å². The third-order valence-electron chi connectivity index (χ3n) is 4.37. The van der Waals surface area contributed by atoms with Crippen molar-refractivity contribution >= 4 is 10.9 Å². The first-order valence-corrected chi connectivity index (χ1v) is 6.98. The molecule has 2 unspecified atom stereocenters. The average molecular weight is 243 g/mol. The number of aryl methyl sites for hydroxylation is 1. The van der Waals surface area contributed by atoms with E-state index in [9.17, 15) is 0 Å². The highest BCUT2D eigenvalue weighted by Crippen LogP contribution is 2.36. The maximum atomic E-state index is 5.80. The Hall–Kier alpha value is -1.35. The number of nitrogens with zero attached hydrogens (tertiary/aromatic N) is 2. The van der Waals surface area contributed by atoms with E-state index in [0.717, 1.165) is 31.3 Å². The lowest BCUT2D eigenvalue weighted by Gasteiger charge is -2.35. The zero-order valence-corrected chi connectivity index (χ0v) is 11.0. The van der Waals surface area contributed by atoms with Gasteiger partial charge in [-0.15, -0.1) is 0 Å². The fraction of sp³-hybridized carbons (Fsp3) is 0.533. The molecule has 18 heavy (non-hydrogen) atoms. The smallest absolute Gasteiger partial charge is 0.0706 e. The van der Waals surface area contributed by atoms with E-state index in [0.29, 0.717) is 0 Å². The van der Waals surface area contributed by atoms with Crippen LogP contribution in [0.1, 0.15) is 25.5 Å². The predicted octanol–water partition coefficient (Wildman–Crippen LogP) is 2.58. The molecule has 1 aromatic heterocycles. The number of fused-ring (bicyclic) bond motifs is 1. The van der Waals surface area contributed by atoms with E-state index in [1.165, 1.54) is 29.4 Å². The van der Waals surface area contributed by atoms with Crippen LogP contribution >= 0.6 is 0 Å². The van der Waals surface area contributed by atoms with Gasteiger partial charge in [0.1, 0.15) is 0 Å². The van der Waals surface area contributed by atoms with Crippen LogP contribution < -0.4 is 5.73 Å². The van der Waals surface area contributed by atoms with Crippen LogP contribution in [-0.2, 0) is 13.0 Å². The lowest BCUT2D eigenvalue weighted by Crippen LogP contribution is -2.33. The van der Waals surface area contributed by atoms with Gasteiger partial charge in [-0.1, -0.05) is 18.2 Å². The van der Waals surface area contributed by atoms with Crippen LogP contribution in [-0.4, -0.2) is 16.3 Å². The number of hydrogen-bond acceptors (Lipinski definition) is 2. The van der Waals surface area contributed by atoms with E-state index in [1.807, 2.05) is 0 Å². The van der Waals surface area contributed by atoms with Gasteiger partial charge >= 0.3 is 0 Å². The van der Waals surface area contributed by atoms with Gasteiger partial charge in [-0.05, 0) is 50.6 Å². The second-order valence-corrected chi connectivity index (χ2v) is 5.32. The molecular weight excluding hydrogens is 222 g/mol. The monoisotopic (exact) mass is 243 g/mol. The van der Waals surface area contributed by atoms with Crippen LogP contribution in [0, 0.1) is 11.8 Å². The Morgan fingerprint density at radius 1 is 1.28 bits per heavy atom. The van der Waals surface area contributed by atoms with Crippen LogP contribution in [0.5, 0.6) is 0 Å². The predicted molar refractivity (Wildman–Crippen MR) is 74.4 cm³/mol. The molecule has 0 saturated heterocycles. The molecule has 2 aromatic rings. The van der Waals surface area contributed by atoms with E-state index in [-0.39, 0.29) is 0 Å². The van der Waals surface area contributed by atoms with Gasteiger partial charge in [-0.25, -0.2) is 0 Å². The van der Waals surface area contributed by atoms with Gasteiger partial charge in [0.05, 0.1) is 11.2 Å². The summed E-state index contributed by atoms with van der Waals surface area (Å²) in [6, 6.07) is 8.55. The van der Waals surface area contributed by atoms with E-state index in [4.69, 9.17) is 10.8 Å². The lowest BCUT2D eigenvalue weighted by atomic mass is 9.71. The molecule has 1 saturated carbocycles. The van der Waals surface area contributed by atoms with Gasteiger partial charge in [0.25, 0.3) is 0 Å². The molecule has 3 heteroatoms. The van der Waals surface area contributed by atoms with Crippen LogP contribution in [0.25, 0.3) is 10.9 Å². The van der Waals surface area contributed by atoms with Crippen molar-refractivity contribution in [1.82, 2.24) is 9.78 Å². The molecule has 1 aromatic carbocycles. The zero-order valence-electron chi connectivity index (χ0n) is 11.0. The number of para-hydroxylation sites is 1. The van der Waals surface area contributed by atoms with Gasteiger partial charge in [0.15, 0.2) is 0 Å². The van der Waals surface area contributed by atoms with E-state index in [2.05, 4.69) is 35.9 Å². The van der Waals surface area contributed by atoms with Crippen molar-refractivity contribution < 1.29 is 0 Å². The van der Waals surface area contributed by atoms with Crippen molar-refractivity contribution in [1.29, 1.82) is 0 Å². The normalized spacial score (nSPS) is 23.2. The van der Waals surface area contributed by atoms with Crippen LogP contribution in [0.2, 0.25) is 0 Å². The van der Waals surface area contributed by atoms with E-state index >= 15 is 0 Å². The summed E-state index contributed by atoms with van der Waals surface area (Å²) in [5, 5.41) is 6.10. The van der Waals surface area contributed by atoms with Gasteiger partial charge in [0, 0.05) is 11.9 Å². The minimum absolute atomic E-state index is 0.718. The van der Waals surface area contributed by atoms with E-state index in [1.54, 1.807) is 0 Å². The summed E-state index contributed by atoms with van der Waals surface area (Å²) in [7, 11) is 0. The Labute approximate surface area is 108 Å². The molecule has 3 nitrogen and oxygen atoms in total. The summed E-state index contributed by atoms with van der Waals surface area (Å²) >= 11 is 0. The molecule has 0 amide bonds. The number of rotatable bonds is 4. The van der Waals surface area contributed by atoms with Crippen molar-refractivity contribution in [2.45, 2.75) is 32.7 Å². The average Bonchev–Trinajstić information content (AvgIpc) is 2.73. The molecule has 1 heterocycles. The van der Waals surface area contributed by atoms with Gasteiger partial charge in [-0.2, -0.15) is 5.10 Å². The third kappa shape index (κ3) is 1.83. The summed E-state index contributed by atoms with van der Waals surface area (Å²) in [6.45, 7) is 3.91. The highest BCUT2D eigenvalue weighted by molar-refractivity contribution is 5.81. The molecule has 0 bridgehead atoms. The van der Waals surface area contributed by atoms with E-state index < -0.39 is 0 Å². The Bertz CT molecular complexity index is 542. The summed E-state index contributed by atoms with van der Waals surface area (Å²) in [5.74, 6) is 1.47. The molecule has 1 aliphatic rings. The maximum Gasteiger partial charge on any atom is 0.0706 e. The number of nitrogens with two attached hydrogens (primary N) is 1. The molecular formula is C15H21N3.